The number of pyridine rings is 1. The molecule has 9 aromatic rings. The van der Waals surface area contributed by atoms with Crippen molar-refractivity contribution in [2.24, 2.45) is 0 Å². The summed E-state index contributed by atoms with van der Waals surface area (Å²) in [6, 6.07) is 57.4. The zero-order valence-electron chi connectivity index (χ0n) is 37.9. The van der Waals surface area contributed by atoms with Crippen LogP contribution >= 0.6 is 0 Å². The van der Waals surface area contributed by atoms with Gasteiger partial charge < -0.3 is 4.74 Å². The fourth-order valence-corrected chi connectivity index (χ4v) is 8.11. The third-order valence-electron chi connectivity index (χ3n) is 11.2. The van der Waals surface area contributed by atoms with Gasteiger partial charge in [-0.25, -0.2) is 4.98 Å². The number of hydrogen-bond donors (Lipinski definition) is 0. The molecule has 7 aromatic carbocycles. The van der Waals surface area contributed by atoms with E-state index in [0.29, 0.717) is 11.3 Å². The first-order valence-corrected chi connectivity index (χ1v) is 20.2. The number of aromatic nitrogens is 3. The summed E-state index contributed by atoms with van der Waals surface area (Å²) in [5.41, 5.74) is 16.5. The average Bonchev–Trinajstić information content (AvgIpc) is 3.68. The molecule has 0 radical (unpaired) electrons. The van der Waals surface area contributed by atoms with E-state index in [4.69, 9.17) is 18.8 Å². The number of nitrogens with zero attached hydrogens (tertiary/aromatic N) is 3. The Bertz CT molecular complexity index is 3130. The van der Waals surface area contributed by atoms with E-state index in [1.165, 1.54) is 5.56 Å². The van der Waals surface area contributed by atoms with Gasteiger partial charge in [0.1, 0.15) is 5.82 Å². The van der Waals surface area contributed by atoms with Gasteiger partial charge in [-0.05, 0) is 101 Å². The third-order valence-corrected chi connectivity index (χ3v) is 11.2. The van der Waals surface area contributed by atoms with Crippen LogP contribution in [0.1, 0.15) is 47.1 Å². The van der Waals surface area contributed by atoms with Crippen LogP contribution in [0.3, 0.4) is 0 Å². The Hall–Kier alpha value is -6.35. The summed E-state index contributed by atoms with van der Waals surface area (Å²) in [5.74, 6) is 1.42. The van der Waals surface area contributed by atoms with E-state index in [0.717, 1.165) is 95.0 Å². The van der Waals surface area contributed by atoms with E-state index in [-0.39, 0.29) is 26.5 Å². The van der Waals surface area contributed by atoms with Gasteiger partial charge in [0.25, 0.3) is 0 Å². The minimum Gasteiger partial charge on any atom is -0.665 e. The summed E-state index contributed by atoms with van der Waals surface area (Å²) in [4.78, 5) is 10.4. The molecule has 0 spiro atoms. The molecule has 9 rings (SSSR count). The quantitative estimate of drug-likeness (QED) is 0.142. The third kappa shape index (κ3) is 8.26. The Labute approximate surface area is 378 Å². The summed E-state index contributed by atoms with van der Waals surface area (Å²) in [6.45, 7) is 8.71. The molecule has 0 aliphatic carbocycles. The SMILES string of the molecule is [2H]C([2H])([2H])c1ccc(-c2ccnc(-c3[c-]c(-c4cccc5c4nc(-c4cc(C)cc(C)c4O[CH2-])n5-c4cc(-c5ccccc5)cc(C(C)(C)C)c4)cc(-c4ccccc4)c3)c2)cc1.[Pt+2]. The number of ether oxygens (including phenoxy) is 1. The number of rotatable bonds is 8. The molecule has 61 heavy (non-hydrogen) atoms. The Kier molecular flexibility index (Phi) is 10.5. The average molecular weight is 976 g/mol. The van der Waals surface area contributed by atoms with Crippen LogP contribution in [-0.2, 0) is 26.5 Å². The van der Waals surface area contributed by atoms with Crippen molar-refractivity contribution in [3.63, 3.8) is 0 Å². The number of para-hydroxylation sites is 1. The summed E-state index contributed by atoms with van der Waals surface area (Å²) >= 11 is 0. The molecule has 2 aromatic heterocycles. The van der Waals surface area contributed by atoms with Crippen molar-refractivity contribution in [1.29, 1.82) is 0 Å². The Morgan fingerprint density at radius 1 is 0.623 bits per heavy atom. The van der Waals surface area contributed by atoms with Crippen molar-refractivity contribution in [3.8, 4) is 78.6 Å². The summed E-state index contributed by atoms with van der Waals surface area (Å²) in [7, 11) is 3.90. The van der Waals surface area contributed by atoms with Gasteiger partial charge >= 0.3 is 21.1 Å². The minimum atomic E-state index is -2.17. The first kappa shape index (κ1) is 37.6. The molecule has 0 fully saturated rings. The van der Waals surface area contributed by atoms with Gasteiger partial charge in [0.15, 0.2) is 0 Å². The molecule has 2 heterocycles. The van der Waals surface area contributed by atoms with E-state index in [2.05, 4.69) is 143 Å². The van der Waals surface area contributed by atoms with Crippen LogP contribution in [0.2, 0.25) is 0 Å². The van der Waals surface area contributed by atoms with Gasteiger partial charge in [-0.3, -0.25) is 9.55 Å². The van der Waals surface area contributed by atoms with Crippen LogP contribution in [0, 0.1) is 33.9 Å². The number of hydrogen-bond acceptors (Lipinski definition) is 3. The Morgan fingerprint density at radius 3 is 1.97 bits per heavy atom. The maximum absolute atomic E-state index is 7.84. The molecule has 4 nitrogen and oxygen atoms in total. The van der Waals surface area contributed by atoms with Crippen LogP contribution in [-0.4, -0.2) is 14.5 Å². The molecule has 302 valence electrons. The predicted molar refractivity (Wildman–Crippen MR) is 249 cm³/mol. The molecule has 0 aliphatic rings. The predicted octanol–water partition coefficient (Wildman–Crippen LogP) is 14.6. The van der Waals surface area contributed by atoms with Gasteiger partial charge in [0, 0.05) is 21.7 Å². The normalized spacial score (nSPS) is 12.3. The van der Waals surface area contributed by atoms with Gasteiger partial charge in [-0.15, -0.1) is 23.8 Å². The minimum absolute atomic E-state index is 0. The fraction of sp³-hybridized carbons (Fsp3) is 0.125. The van der Waals surface area contributed by atoms with Gasteiger partial charge in [-0.2, -0.15) is 7.11 Å². The summed E-state index contributed by atoms with van der Waals surface area (Å²) in [6.07, 6.45) is 1.79. The zero-order chi connectivity index (χ0) is 44.0. The fourth-order valence-electron chi connectivity index (χ4n) is 8.11. The largest absolute Gasteiger partial charge is 2.00 e. The first-order chi connectivity index (χ1) is 30.2. The van der Waals surface area contributed by atoms with E-state index >= 15 is 0 Å². The van der Waals surface area contributed by atoms with Gasteiger partial charge in [-0.1, -0.05) is 158 Å². The topological polar surface area (TPSA) is 39.9 Å². The molecular weight excluding hydrogens is 926 g/mol. The van der Waals surface area contributed by atoms with E-state index in [1.807, 2.05) is 55.5 Å². The van der Waals surface area contributed by atoms with Crippen LogP contribution in [0.4, 0.5) is 0 Å². The Balaban J connectivity index is 0.00000560. The van der Waals surface area contributed by atoms with Crippen molar-refractivity contribution >= 4 is 11.0 Å². The van der Waals surface area contributed by atoms with Gasteiger partial charge in [0.05, 0.1) is 22.3 Å². The van der Waals surface area contributed by atoms with E-state index in [1.54, 1.807) is 18.3 Å². The molecular formula is C56H47N3OPt. The molecule has 0 N–H and O–H groups in total. The smallest absolute Gasteiger partial charge is 0.665 e. The second-order valence-electron chi connectivity index (χ2n) is 16.5. The first-order valence-electron chi connectivity index (χ1n) is 21.7. The number of imidazole rings is 1. The maximum Gasteiger partial charge on any atom is 2.00 e. The van der Waals surface area contributed by atoms with Crippen LogP contribution < -0.4 is 4.74 Å². The number of aryl methyl sites for hydroxylation is 3. The van der Waals surface area contributed by atoms with E-state index in [9.17, 15) is 0 Å². The molecule has 0 atom stereocenters. The standard InChI is InChI=1S/C56H47N3O.Pt/c1-36-21-23-41(24-22-36)42-25-26-57-51(34-42)46-30-43(39-15-10-8-11-16-39)29-45(31-46)49-19-14-20-52-53(49)58-55(50-28-37(2)27-38(3)54(50)60-7)59(52)48-33-44(40-17-12-9-13-18-40)32-47(35-48)56(4,5)6;/h8-30,32-35H,7H2,1-6H3;/q-2;+2/i1D3;. The number of benzene rings is 7. The van der Waals surface area contributed by atoms with Crippen LogP contribution in [0.15, 0.2) is 164 Å². The molecule has 5 heteroatoms. The summed E-state index contributed by atoms with van der Waals surface area (Å²) < 4.78 is 31.7. The van der Waals surface area contributed by atoms with Crippen LogP contribution in [0.5, 0.6) is 5.75 Å². The van der Waals surface area contributed by atoms with Crippen molar-refractivity contribution in [1.82, 2.24) is 14.5 Å². The summed E-state index contributed by atoms with van der Waals surface area (Å²) in [5, 5.41) is 0. The molecule has 0 amide bonds. The number of fused-ring (bicyclic) bond motifs is 1. The van der Waals surface area contributed by atoms with Crippen molar-refractivity contribution in [3.05, 3.63) is 199 Å². The Morgan fingerprint density at radius 2 is 1.30 bits per heavy atom. The molecule has 0 saturated carbocycles. The molecule has 0 bridgehead atoms. The maximum atomic E-state index is 7.84. The van der Waals surface area contributed by atoms with E-state index < -0.39 is 6.85 Å². The monoisotopic (exact) mass is 975 g/mol. The molecule has 0 aliphatic heterocycles. The van der Waals surface area contributed by atoms with Crippen molar-refractivity contribution in [2.75, 3.05) is 0 Å². The second-order valence-corrected chi connectivity index (χ2v) is 16.5. The van der Waals surface area contributed by atoms with Crippen LogP contribution in [0.25, 0.3) is 83.9 Å². The zero-order valence-corrected chi connectivity index (χ0v) is 37.1. The molecule has 0 saturated heterocycles. The van der Waals surface area contributed by atoms with Crippen molar-refractivity contribution in [2.45, 2.75) is 46.9 Å². The molecule has 0 unspecified atom stereocenters. The van der Waals surface area contributed by atoms with Crippen molar-refractivity contribution < 1.29 is 29.9 Å². The second kappa shape index (κ2) is 17.0. The van der Waals surface area contributed by atoms with Gasteiger partial charge in [0.2, 0.25) is 0 Å².